The highest BCUT2D eigenvalue weighted by atomic mass is 16.6. The lowest BCUT2D eigenvalue weighted by atomic mass is 9.89. The van der Waals surface area contributed by atoms with Crippen LogP contribution in [0.15, 0.2) is 66.9 Å². The second kappa shape index (κ2) is 9.75. The van der Waals surface area contributed by atoms with Gasteiger partial charge in [-0.05, 0) is 23.3 Å². The van der Waals surface area contributed by atoms with Gasteiger partial charge in [0.15, 0.2) is 0 Å². The number of amides is 2. The largest absolute Gasteiger partial charge is 0.489 e. The van der Waals surface area contributed by atoms with E-state index in [0.717, 1.165) is 11.1 Å². The molecule has 152 valence electrons. The van der Waals surface area contributed by atoms with E-state index < -0.39 is 24.0 Å². The first-order valence-corrected chi connectivity index (χ1v) is 9.27. The van der Waals surface area contributed by atoms with Crippen molar-refractivity contribution in [2.24, 2.45) is 5.92 Å². The van der Waals surface area contributed by atoms with Gasteiger partial charge in [-0.1, -0.05) is 49.0 Å². The predicted molar refractivity (Wildman–Crippen MR) is 107 cm³/mol. The monoisotopic (exact) mass is 396 g/mol. The minimum atomic E-state index is -0.770. The van der Waals surface area contributed by atoms with E-state index in [-0.39, 0.29) is 18.9 Å². The summed E-state index contributed by atoms with van der Waals surface area (Å²) in [5.41, 5.74) is 2.05. The van der Waals surface area contributed by atoms with Gasteiger partial charge in [0.25, 0.3) is 0 Å². The summed E-state index contributed by atoms with van der Waals surface area (Å²) < 4.78 is 16.0. The highest BCUT2D eigenvalue weighted by molar-refractivity contribution is 5.85. The Labute approximate surface area is 169 Å². The number of nitrogens with one attached hydrogen (secondary N) is 2. The Bertz CT molecular complexity index is 869. The maximum atomic E-state index is 12.6. The lowest BCUT2D eigenvalue weighted by Gasteiger charge is -2.33. The lowest BCUT2D eigenvalue weighted by Crippen LogP contribution is -2.51. The molecule has 7 heteroatoms. The summed E-state index contributed by atoms with van der Waals surface area (Å²) in [4.78, 5) is 24.6. The number of methoxy groups -OCH3 is 1. The van der Waals surface area contributed by atoms with E-state index in [9.17, 15) is 9.59 Å². The normalized spacial score (nSPS) is 18.5. The van der Waals surface area contributed by atoms with Crippen LogP contribution in [-0.2, 0) is 20.9 Å². The number of carbonyl (C=O) groups is 2. The molecule has 0 bridgehead atoms. The molecule has 7 nitrogen and oxygen atoms in total. The Morgan fingerprint density at radius 2 is 1.90 bits per heavy atom. The molecular weight excluding hydrogens is 372 g/mol. The van der Waals surface area contributed by atoms with Crippen LogP contribution < -0.4 is 15.4 Å². The molecule has 1 aliphatic heterocycles. The number of ether oxygens (including phenoxy) is 3. The molecule has 1 saturated heterocycles. The summed E-state index contributed by atoms with van der Waals surface area (Å²) in [5, 5.41) is 5.34. The van der Waals surface area contributed by atoms with Crippen molar-refractivity contribution in [2.75, 3.05) is 20.3 Å². The summed E-state index contributed by atoms with van der Waals surface area (Å²) in [6, 6.07) is 16.0. The number of hydrogen-bond donors (Lipinski definition) is 2. The number of urea groups is 1. The highest BCUT2D eigenvalue weighted by Crippen LogP contribution is 2.32. The van der Waals surface area contributed by atoms with Crippen LogP contribution in [0.2, 0.25) is 0 Å². The van der Waals surface area contributed by atoms with E-state index in [0.29, 0.717) is 12.4 Å². The van der Waals surface area contributed by atoms with Crippen molar-refractivity contribution in [1.82, 2.24) is 10.6 Å². The van der Waals surface area contributed by atoms with Gasteiger partial charge in [0.1, 0.15) is 24.9 Å². The Hall–Kier alpha value is -3.32. The molecule has 2 atom stereocenters. The molecule has 3 rings (SSSR count). The molecular formula is C22H24N2O5. The number of rotatable bonds is 8. The fourth-order valence-corrected chi connectivity index (χ4v) is 3.09. The molecule has 2 aromatic rings. The van der Waals surface area contributed by atoms with Gasteiger partial charge >= 0.3 is 12.0 Å². The quantitative estimate of drug-likeness (QED) is 0.529. The van der Waals surface area contributed by atoms with Crippen LogP contribution >= 0.6 is 0 Å². The SMILES string of the molecule is C=C1NC(=O)N[C@H](c2cccc(OCc3ccccc3)c2)[C@H]1C(=O)OCCOC. The molecule has 0 saturated carbocycles. The maximum absolute atomic E-state index is 12.6. The summed E-state index contributed by atoms with van der Waals surface area (Å²) in [6.07, 6.45) is 0. The van der Waals surface area contributed by atoms with Gasteiger partial charge < -0.3 is 24.8 Å². The fourth-order valence-electron chi connectivity index (χ4n) is 3.09. The maximum Gasteiger partial charge on any atom is 0.319 e. The van der Waals surface area contributed by atoms with E-state index >= 15 is 0 Å². The van der Waals surface area contributed by atoms with E-state index in [2.05, 4.69) is 17.2 Å². The van der Waals surface area contributed by atoms with Crippen molar-refractivity contribution in [1.29, 1.82) is 0 Å². The average molecular weight is 396 g/mol. The number of esters is 1. The summed E-state index contributed by atoms with van der Waals surface area (Å²) >= 11 is 0. The topological polar surface area (TPSA) is 85.9 Å². The van der Waals surface area contributed by atoms with Gasteiger partial charge in [0, 0.05) is 12.8 Å². The smallest absolute Gasteiger partial charge is 0.319 e. The van der Waals surface area contributed by atoms with Gasteiger partial charge in [0.05, 0.1) is 12.6 Å². The Kier molecular flexibility index (Phi) is 6.86. The molecule has 0 spiro atoms. The van der Waals surface area contributed by atoms with Crippen LogP contribution in [0.25, 0.3) is 0 Å². The zero-order valence-corrected chi connectivity index (χ0v) is 16.2. The average Bonchev–Trinajstić information content (AvgIpc) is 2.73. The van der Waals surface area contributed by atoms with Crippen molar-refractivity contribution in [3.8, 4) is 5.75 Å². The summed E-state index contributed by atoms with van der Waals surface area (Å²) in [7, 11) is 1.53. The highest BCUT2D eigenvalue weighted by Gasteiger charge is 2.39. The van der Waals surface area contributed by atoms with Crippen LogP contribution in [-0.4, -0.2) is 32.3 Å². The van der Waals surface area contributed by atoms with Crippen molar-refractivity contribution >= 4 is 12.0 Å². The molecule has 2 amide bonds. The molecule has 0 unspecified atom stereocenters. The number of benzene rings is 2. The van der Waals surface area contributed by atoms with Gasteiger partial charge in [-0.3, -0.25) is 4.79 Å². The molecule has 2 aromatic carbocycles. The van der Waals surface area contributed by atoms with Gasteiger partial charge in [-0.15, -0.1) is 0 Å². The first-order chi connectivity index (χ1) is 14.1. The first-order valence-electron chi connectivity index (χ1n) is 9.27. The van der Waals surface area contributed by atoms with Crippen LogP contribution in [0.4, 0.5) is 4.79 Å². The van der Waals surface area contributed by atoms with E-state index in [1.54, 1.807) is 0 Å². The molecule has 0 radical (unpaired) electrons. The molecule has 2 N–H and O–H groups in total. The molecule has 0 aromatic heterocycles. The van der Waals surface area contributed by atoms with Crippen LogP contribution in [0.5, 0.6) is 5.75 Å². The second-order valence-electron chi connectivity index (χ2n) is 6.59. The Balaban J connectivity index is 1.77. The van der Waals surface area contributed by atoms with E-state index in [1.807, 2.05) is 54.6 Å². The fraction of sp³-hybridized carbons (Fsp3) is 0.273. The van der Waals surface area contributed by atoms with Gasteiger partial charge in [-0.2, -0.15) is 0 Å². The van der Waals surface area contributed by atoms with Crippen LogP contribution in [0, 0.1) is 5.92 Å². The molecule has 1 aliphatic rings. The molecule has 1 heterocycles. The van der Waals surface area contributed by atoms with Crippen molar-refractivity contribution < 1.29 is 23.8 Å². The lowest BCUT2D eigenvalue weighted by molar-refractivity contribution is -0.149. The van der Waals surface area contributed by atoms with Crippen molar-refractivity contribution in [2.45, 2.75) is 12.6 Å². The summed E-state index contributed by atoms with van der Waals surface area (Å²) in [5.74, 6) is -0.620. The zero-order chi connectivity index (χ0) is 20.6. The van der Waals surface area contributed by atoms with Gasteiger partial charge in [0.2, 0.25) is 0 Å². The zero-order valence-electron chi connectivity index (χ0n) is 16.2. The number of hydrogen-bond acceptors (Lipinski definition) is 5. The van der Waals surface area contributed by atoms with E-state index in [1.165, 1.54) is 7.11 Å². The third kappa shape index (κ3) is 5.36. The Morgan fingerprint density at radius 1 is 1.10 bits per heavy atom. The minimum Gasteiger partial charge on any atom is -0.489 e. The molecule has 1 fully saturated rings. The van der Waals surface area contributed by atoms with Crippen LogP contribution in [0.1, 0.15) is 17.2 Å². The Morgan fingerprint density at radius 3 is 2.66 bits per heavy atom. The second-order valence-corrected chi connectivity index (χ2v) is 6.59. The van der Waals surface area contributed by atoms with Gasteiger partial charge in [-0.25, -0.2) is 4.79 Å². The van der Waals surface area contributed by atoms with Crippen LogP contribution in [0.3, 0.4) is 0 Å². The third-order valence-corrected chi connectivity index (χ3v) is 4.52. The number of carbonyl (C=O) groups excluding carboxylic acids is 2. The van der Waals surface area contributed by atoms with Crippen molar-refractivity contribution in [3.05, 3.63) is 78.0 Å². The molecule has 0 aliphatic carbocycles. The standard InChI is InChI=1S/C22H24N2O5/c1-15-19(21(25)28-12-11-27-2)20(24-22(26)23-15)17-9-6-10-18(13-17)29-14-16-7-4-3-5-8-16/h3-10,13,19-20H,1,11-12,14H2,2H3,(H2,23,24,26)/t19-,20+/m0/s1. The predicted octanol–water partition coefficient (Wildman–Crippen LogP) is 2.94. The van der Waals surface area contributed by atoms with Crippen molar-refractivity contribution in [3.63, 3.8) is 0 Å². The summed E-state index contributed by atoms with van der Waals surface area (Å²) in [6.45, 7) is 4.66. The first kappa shape index (κ1) is 20.4. The molecule has 29 heavy (non-hydrogen) atoms. The minimum absolute atomic E-state index is 0.125. The van der Waals surface area contributed by atoms with E-state index in [4.69, 9.17) is 14.2 Å². The third-order valence-electron chi connectivity index (χ3n) is 4.52.